The van der Waals surface area contributed by atoms with Gasteiger partial charge in [0.25, 0.3) is 0 Å². The molecule has 0 aromatic rings. The normalized spacial score (nSPS) is 3.57. The fourth-order valence-electron chi connectivity index (χ4n) is 0. The van der Waals surface area contributed by atoms with E-state index < -0.39 is 5.97 Å². The molecule has 7 heavy (non-hydrogen) atoms. The van der Waals surface area contributed by atoms with Crippen LogP contribution in [0.2, 0.25) is 0 Å². The molecule has 0 amide bonds. The Morgan fingerprint density at radius 3 is 1.43 bits per heavy atom. The summed E-state index contributed by atoms with van der Waals surface area (Å²) in [6, 6.07) is 0. The van der Waals surface area contributed by atoms with Crippen LogP contribution in [0.15, 0.2) is 0 Å². The van der Waals surface area contributed by atoms with Gasteiger partial charge in [0.1, 0.15) is 0 Å². The zero-order chi connectivity index (χ0) is 3.58. The third kappa shape index (κ3) is 269. The Balaban J connectivity index is -0.0000000150. The molecule has 0 saturated carbocycles. The first-order chi connectivity index (χ1) is 1.73. The maximum atomic E-state index is 8.89. The molecule has 40 valence electrons. The van der Waals surface area contributed by atoms with E-state index in [0.717, 1.165) is 6.92 Å². The summed E-state index contributed by atoms with van der Waals surface area (Å²) >= 11 is 0. The summed E-state index contributed by atoms with van der Waals surface area (Å²) in [5.74, 6) is -1.08. The van der Waals surface area contributed by atoms with Gasteiger partial charge >= 0.3 is 41.3 Å². The zero-order valence-electron chi connectivity index (χ0n) is 3.89. The Kier molecular flexibility index (Phi) is 56.9. The van der Waals surface area contributed by atoms with Gasteiger partial charge in [-0.05, 0) is 6.92 Å². The third-order valence-electron chi connectivity index (χ3n) is 0. The Labute approximate surface area is 74.5 Å². The second-order valence-electron chi connectivity index (χ2n) is 0.492. The van der Waals surface area contributed by atoms with Crippen LogP contribution in [0.25, 0.3) is 0 Å². The molecule has 0 heterocycles. The number of carboxylic acids is 1. The first-order valence-corrected chi connectivity index (χ1v) is 0.908. The van der Waals surface area contributed by atoms with Crippen LogP contribution in [0.5, 0.6) is 0 Å². The van der Waals surface area contributed by atoms with Crippen molar-refractivity contribution in [1.29, 1.82) is 0 Å². The second kappa shape index (κ2) is 15.9. The van der Waals surface area contributed by atoms with Crippen molar-refractivity contribution in [1.82, 2.24) is 0 Å². The average Bonchev–Trinajstić information content (AvgIpc) is 0.811. The molecule has 0 spiro atoms. The molecule has 0 aliphatic heterocycles. The van der Waals surface area contributed by atoms with Gasteiger partial charge in [-0.2, -0.15) is 0 Å². The quantitative estimate of drug-likeness (QED) is 0.450. The number of rotatable bonds is 0. The summed E-state index contributed by atoms with van der Waals surface area (Å²) in [5, 5.41) is 8.89. The summed E-state index contributed by atoms with van der Waals surface area (Å²) in [4.78, 5) is 8.89. The monoisotopic (exact) mass is 236 g/mol. The molecule has 0 aromatic heterocycles. The molecule has 0 radical (unpaired) electrons. The minimum atomic E-state index is -1.08. The molecule has 4 nitrogen and oxygen atoms in total. The molecule has 5 heteroatoms. The summed E-state index contributed by atoms with van der Waals surface area (Å²) in [6.07, 6.45) is 0. The van der Waals surface area contributed by atoms with E-state index >= 15 is 0 Å². The van der Waals surface area contributed by atoms with Gasteiger partial charge < -0.3 is 20.9 Å². The summed E-state index contributed by atoms with van der Waals surface area (Å²) in [6.45, 7) is 0.972. The Morgan fingerprint density at radius 2 is 1.43 bits per heavy atom. The third-order valence-corrected chi connectivity index (χ3v) is 0. The van der Waals surface area contributed by atoms with Crippen LogP contribution in [-0.4, -0.2) is 16.9 Å². The minimum Gasteiger partial charge on any atom is -0.550 e. The number of aliphatic carboxylic acids is 1. The van der Waals surface area contributed by atoms with E-state index in [-0.39, 0.29) is 52.2 Å². The molecule has 0 fully saturated rings. The van der Waals surface area contributed by atoms with Gasteiger partial charge in [0.05, 0.1) is 0 Å². The van der Waals surface area contributed by atoms with Crippen LogP contribution in [0.3, 0.4) is 0 Å². The molecule has 0 unspecified atom stereocenters. The molecule has 0 aliphatic rings. The topological polar surface area (TPSA) is 103 Å². The van der Waals surface area contributed by atoms with Crippen LogP contribution in [0, 0.1) is 41.3 Å². The SMILES string of the molecule is CC(=O)[O-].O.O.[Pr+3]. The smallest absolute Gasteiger partial charge is 0.550 e. The van der Waals surface area contributed by atoms with E-state index in [1.165, 1.54) is 0 Å². The fourth-order valence-corrected chi connectivity index (χ4v) is 0. The van der Waals surface area contributed by atoms with Crippen molar-refractivity contribution < 1.29 is 62.1 Å². The van der Waals surface area contributed by atoms with Crippen molar-refractivity contribution in [2.75, 3.05) is 0 Å². The Hall–Kier alpha value is 0.754. The second-order valence-corrected chi connectivity index (χ2v) is 0.492. The van der Waals surface area contributed by atoms with Crippen molar-refractivity contribution in [2.45, 2.75) is 6.92 Å². The van der Waals surface area contributed by atoms with Crippen molar-refractivity contribution in [3.8, 4) is 0 Å². The predicted octanol–water partition coefficient (Wildman–Crippen LogP) is -2.89. The summed E-state index contributed by atoms with van der Waals surface area (Å²) in [5.41, 5.74) is 0. The largest absolute Gasteiger partial charge is 3.00 e. The molecule has 0 aromatic carbocycles. The van der Waals surface area contributed by atoms with E-state index in [4.69, 9.17) is 9.90 Å². The van der Waals surface area contributed by atoms with Crippen molar-refractivity contribution in [3.63, 3.8) is 0 Å². The molecule has 4 N–H and O–H groups in total. The maximum Gasteiger partial charge on any atom is 3.00 e. The molecular weight excluding hydrogens is 229 g/mol. The van der Waals surface area contributed by atoms with Crippen molar-refractivity contribution >= 4 is 5.97 Å². The summed E-state index contributed by atoms with van der Waals surface area (Å²) in [7, 11) is 0. The standard InChI is InChI=1S/C2H4O2.2H2O.Pr/c1-2(3)4;;;/h1H3,(H,3,4);2*1H2;/q;;;+3/p-1. The van der Waals surface area contributed by atoms with E-state index in [9.17, 15) is 0 Å². The zero-order valence-corrected chi connectivity index (χ0v) is 7.60. The predicted molar refractivity (Wildman–Crippen MR) is 17.9 cm³/mol. The van der Waals surface area contributed by atoms with E-state index in [2.05, 4.69) is 0 Å². The Bertz CT molecular complexity index is 32.7. The number of carboxylic acid groups (broad SMARTS) is 1. The van der Waals surface area contributed by atoms with Gasteiger partial charge in [-0.1, -0.05) is 0 Å². The van der Waals surface area contributed by atoms with E-state index in [1.54, 1.807) is 0 Å². The molecule has 0 saturated heterocycles. The van der Waals surface area contributed by atoms with Crippen LogP contribution in [-0.2, 0) is 4.79 Å². The minimum absolute atomic E-state index is 0. The number of hydrogen-bond acceptors (Lipinski definition) is 2. The number of carbonyl (C=O) groups is 1. The van der Waals surface area contributed by atoms with Crippen LogP contribution >= 0.6 is 0 Å². The van der Waals surface area contributed by atoms with Crippen LogP contribution in [0.4, 0.5) is 0 Å². The maximum absolute atomic E-state index is 8.89. The van der Waals surface area contributed by atoms with Gasteiger partial charge in [-0.3, -0.25) is 0 Å². The number of hydrogen-bond donors (Lipinski definition) is 0. The van der Waals surface area contributed by atoms with E-state index in [0.29, 0.717) is 0 Å². The van der Waals surface area contributed by atoms with Gasteiger partial charge in [-0.15, -0.1) is 0 Å². The number of carbonyl (C=O) groups excluding carboxylic acids is 1. The van der Waals surface area contributed by atoms with E-state index in [1.807, 2.05) is 0 Å². The molecular formula is C2H7O4Pr+2. The molecule has 0 aliphatic carbocycles. The summed E-state index contributed by atoms with van der Waals surface area (Å²) < 4.78 is 0. The van der Waals surface area contributed by atoms with Gasteiger partial charge in [0.15, 0.2) is 0 Å². The van der Waals surface area contributed by atoms with Crippen LogP contribution in [0.1, 0.15) is 6.92 Å². The fraction of sp³-hybridized carbons (Fsp3) is 0.500. The molecule has 0 bridgehead atoms. The van der Waals surface area contributed by atoms with Gasteiger partial charge in [-0.25, -0.2) is 0 Å². The van der Waals surface area contributed by atoms with Crippen LogP contribution < -0.4 is 5.11 Å². The first kappa shape index (κ1) is 25.1. The van der Waals surface area contributed by atoms with Gasteiger partial charge in [0.2, 0.25) is 0 Å². The molecule has 0 atom stereocenters. The first-order valence-electron chi connectivity index (χ1n) is 0.908. The Morgan fingerprint density at radius 1 is 1.43 bits per heavy atom. The average molecular weight is 236 g/mol. The van der Waals surface area contributed by atoms with Crippen molar-refractivity contribution in [2.24, 2.45) is 0 Å². The van der Waals surface area contributed by atoms with Gasteiger partial charge in [0, 0.05) is 5.97 Å². The van der Waals surface area contributed by atoms with Crippen molar-refractivity contribution in [3.05, 3.63) is 0 Å². The molecule has 0 rings (SSSR count).